The van der Waals surface area contributed by atoms with Gasteiger partial charge in [0.1, 0.15) is 24.7 Å². The topological polar surface area (TPSA) is 152 Å². The molecule has 0 amide bonds. The van der Waals surface area contributed by atoms with Crippen molar-refractivity contribution < 1.29 is 47.2 Å². The van der Waals surface area contributed by atoms with E-state index >= 15 is 0 Å². The maximum Gasteiger partial charge on any atom is 0.472 e. The summed E-state index contributed by atoms with van der Waals surface area (Å²) in [6, 6.07) is 18.2. The first-order chi connectivity index (χ1) is 13.2. The Labute approximate surface area is 162 Å². The number of benzene rings is 2. The number of phosphoric acid groups is 2. The van der Waals surface area contributed by atoms with E-state index in [0.29, 0.717) is 11.5 Å². The molecular weight excluding hydrogens is 414 g/mol. The molecule has 0 radical (unpaired) electrons. The average Bonchev–Trinajstić information content (AvgIpc) is 2.63. The molecule has 12 heteroatoms. The molecule has 2 rings (SSSR count). The van der Waals surface area contributed by atoms with Gasteiger partial charge in [-0.1, -0.05) is 36.4 Å². The molecule has 0 bridgehead atoms. The molecule has 0 heterocycles. The normalized spacial score (nSPS) is 11.3. The van der Waals surface area contributed by atoms with Crippen molar-refractivity contribution in [2.24, 2.45) is 0 Å². The first-order valence-corrected chi connectivity index (χ1v) is 11.0. The number of ether oxygens (including phenoxy) is 2. The lowest BCUT2D eigenvalue weighted by Crippen LogP contribution is -2.09. The van der Waals surface area contributed by atoms with E-state index in [2.05, 4.69) is 0 Å². The predicted octanol–water partition coefficient (Wildman–Crippen LogP) is 2.35. The van der Waals surface area contributed by atoms with Crippen LogP contribution in [0.5, 0.6) is 11.5 Å². The highest BCUT2D eigenvalue weighted by Gasteiger charge is 2.20. The van der Waals surface area contributed by atoms with Crippen LogP contribution in [-0.4, -0.2) is 46.0 Å². The van der Waals surface area contributed by atoms with E-state index < -0.39 is 15.6 Å². The molecule has 0 fully saturated rings. The van der Waals surface area contributed by atoms with Gasteiger partial charge in [-0.05, 0) is 24.3 Å². The second-order valence-electron chi connectivity index (χ2n) is 4.97. The van der Waals surface area contributed by atoms with Gasteiger partial charge in [-0.15, -0.1) is 0 Å². The molecule has 0 aliphatic rings. The SMILES string of the molecule is O=P(O)(O)O.O=P(O)(OCCOc1ccccc1)OCCOc1ccccc1. The lowest BCUT2D eigenvalue weighted by molar-refractivity contribution is 0.115. The Hall–Kier alpha value is -1.74. The Morgan fingerprint density at radius 1 is 0.607 bits per heavy atom. The van der Waals surface area contributed by atoms with Crippen molar-refractivity contribution in [1.82, 2.24) is 0 Å². The molecule has 4 N–H and O–H groups in total. The Kier molecular flexibility index (Phi) is 11.0. The fourth-order valence-electron chi connectivity index (χ4n) is 1.70. The molecule has 0 aromatic heterocycles. The van der Waals surface area contributed by atoms with Crippen LogP contribution < -0.4 is 9.47 Å². The molecule has 0 aliphatic carbocycles. The van der Waals surface area contributed by atoms with Crippen molar-refractivity contribution in [2.75, 3.05) is 26.4 Å². The van der Waals surface area contributed by atoms with Gasteiger partial charge in [-0.2, -0.15) is 0 Å². The maximum absolute atomic E-state index is 11.6. The Balaban J connectivity index is 0.000000696. The predicted molar refractivity (Wildman–Crippen MR) is 99.9 cm³/mol. The third-order valence-electron chi connectivity index (χ3n) is 2.70. The monoisotopic (exact) mass is 436 g/mol. The minimum Gasteiger partial charge on any atom is -0.491 e. The summed E-state index contributed by atoms with van der Waals surface area (Å²) in [4.78, 5) is 31.1. The molecule has 0 saturated carbocycles. The van der Waals surface area contributed by atoms with E-state index in [9.17, 15) is 9.46 Å². The molecule has 0 atom stereocenters. The Morgan fingerprint density at radius 2 is 0.929 bits per heavy atom. The van der Waals surface area contributed by atoms with Gasteiger partial charge in [0.25, 0.3) is 0 Å². The summed E-state index contributed by atoms with van der Waals surface area (Å²) in [6.07, 6.45) is 0. The summed E-state index contributed by atoms with van der Waals surface area (Å²) >= 11 is 0. The van der Waals surface area contributed by atoms with Crippen LogP contribution in [0.15, 0.2) is 60.7 Å². The number of hydrogen-bond acceptors (Lipinski definition) is 6. The van der Waals surface area contributed by atoms with Gasteiger partial charge in [0.2, 0.25) is 0 Å². The van der Waals surface area contributed by atoms with Crippen molar-refractivity contribution in [3.63, 3.8) is 0 Å². The van der Waals surface area contributed by atoms with Crippen LogP contribution in [-0.2, 0) is 18.2 Å². The van der Waals surface area contributed by atoms with Gasteiger partial charge in [-0.25, -0.2) is 9.13 Å². The lowest BCUT2D eigenvalue weighted by Gasteiger charge is -2.13. The van der Waals surface area contributed by atoms with E-state index in [4.69, 9.17) is 37.8 Å². The van der Waals surface area contributed by atoms with Gasteiger partial charge in [0.15, 0.2) is 0 Å². The first kappa shape index (κ1) is 24.3. The van der Waals surface area contributed by atoms with Crippen molar-refractivity contribution in [1.29, 1.82) is 0 Å². The highest BCUT2D eigenvalue weighted by molar-refractivity contribution is 7.47. The highest BCUT2D eigenvalue weighted by atomic mass is 31.2. The fraction of sp³-hybridized carbons (Fsp3) is 0.250. The van der Waals surface area contributed by atoms with Gasteiger partial charge < -0.3 is 29.0 Å². The van der Waals surface area contributed by atoms with E-state index in [1.165, 1.54) is 0 Å². The zero-order valence-electron chi connectivity index (χ0n) is 14.7. The highest BCUT2D eigenvalue weighted by Crippen LogP contribution is 2.42. The van der Waals surface area contributed by atoms with Crippen molar-refractivity contribution >= 4 is 15.6 Å². The summed E-state index contributed by atoms with van der Waals surface area (Å²) < 4.78 is 40.8. The van der Waals surface area contributed by atoms with Gasteiger partial charge in [0.05, 0.1) is 13.2 Å². The van der Waals surface area contributed by atoms with E-state index in [1.54, 1.807) is 24.3 Å². The number of hydrogen-bond donors (Lipinski definition) is 4. The molecule has 0 spiro atoms. The molecule has 0 aliphatic heterocycles. The van der Waals surface area contributed by atoms with Crippen LogP contribution in [0, 0.1) is 0 Å². The number of para-hydroxylation sites is 2. The molecule has 0 saturated heterocycles. The van der Waals surface area contributed by atoms with E-state index in [-0.39, 0.29) is 26.4 Å². The molecule has 10 nitrogen and oxygen atoms in total. The summed E-state index contributed by atoms with van der Waals surface area (Å²) in [5.41, 5.74) is 0. The second kappa shape index (κ2) is 12.7. The molecule has 156 valence electrons. The quantitative estimate of drug-likeness (QED) is 0.323. The van der Waals surface area contributed by atoms with Crippen LogP contribution in [0.25, 0.3) is 0 Å². The third kappa shape index (κ3) is 14.3. The second-order valence-corrected chi connectivity index (χ2v) is 7.45. The van der Waals surface area contributed by atoms with E-state index in [0.717, 1.165) is 0 Å². The summed E-state index contributed by atoms with van der Waals surface area (Å²) in [5.74, 6) is 1.34. The minimum atomic E-state index is -4.64. The van der Waals surface area contributed by atoms with Crippen molar-refractivity contribution in [2.45, 2.75) is 0 Å². The van der Waals surface area contributed by atoms with Gasteiger partial charge >= 0.3 is 15.6 Å². The molecule has 2 aromatic rings. The van der Waals surface area contributed by atoms with Gasteiger partial charge in [-0.3, -0.25) is 9.05 Å². The third-order valence-corrected chi connectivity index (χ3v) is 3.72. The van der Waals surface area contributed by atoms with Gasteiger partial charge in [0, 0.05) is 0 Å². The zero-order valence-corrected chi connectivity index (χ0v) is 16.5. The molecule has 28 heavy (non-hydrogen) atoms. The van der Waals surface area contributed by atoms with Crippen LogP contribution in [0.3, 0.4) is 0 Å². The van der Waals surface area contributed by atoms with Crippen molar-refractivity contribution in [3.8, 4) is 11.5 Å². The Morgan fingerprint density at radius 3 is 1.25 bits per heavy atom. The van der Waals surface area contributed by atoms with Crippen LogP contribution in [0.4, 0.5) is 0 Å². The Bertz CT molecular complexity index is 691. The van der Waals surface area contributed by atoms with Crippen molar-refractivity contribution in [3.05, 3.63) is 60.7 Å². The van der Waals surface area contributed by atoms with Crippen LogP contribution in [0.2, 0.25) is 0 Å². The molecule has 0 unspecified atom stereocenters. The fourth-order valence-corrected chi connectivity index (χ4v) is 2.38. The maximum atomic E-state index is 11.6. The van der Waals surface area contributed by atoms with Crippen LogP contribution >= 0.6 is 15.6 Å². The number of rotatable bonds is 10. The smallest absolute Gasteiger partial charge is 0.472 e. The molecule has 2 aromatic carbocycles. The number of phosphoric ester groups is 1. The summed E-state index contributed by atoms with van der Waals surface area (Å²) in [7, 11) is -8.73. The largest absolute Gasteiger partial charge is 0.491 e. The minimum absolute atomic E-state index is 0.0534. The van der Waals surface area contributed by atoms with Crippen LogP contribution in [0.1, 0.15) is 0 Å². The van der Waals surface area contributed by atoms with E-state index in [1.807, 2.05) is 36.4 Å². The average molecular weight is 436 g/mol. The first-order valence-electron chi connectivity index (χ1n) is 7.91. The summed E-state index contributed by atoms with van der Waals surface area (Å²) in [5, 5.41) is 0. The summed E-state index contributed by atoms with van der Waals surface area (Å²) in [6.45, 7) is 0.196. The lowest BCUT2D eigenvalue weighted by atomic mass is 10.3. The molecular formula is C16H22O10P2. The zero-order chi connectivity index (χ0) is 20.9. The standard InChI is InChI=1S/C16H19O6P.H3O4P/c17-23(18,21-13-11-19-15-7-3-1-4-8-15)22-14-12-20-16-9-5-2-6-10-16;1-5(2,3)4/h1-10H,11-14H2,(H,17,18);(H3,1,2,3,4).